The highest BCUT2D eigenvalue weighted by Crippen LogP contribution is 2.11. The summed E-state index contributed by atoms with van der Waals surface area (Å²) in [6, 6.07) is 7.56. The highest BCUT2D eigenvalue weighted by atomic mass is 35.5. The van der Waals surface area contributed by atoms with Gasteiger partial charge in [-0.15, -0.1) is 26.6 Å². The van der Waals surface area contributed by atoms with E-state index in [9.17, 15) is 5.11 Å². The van der Waals surface area contributed by atoms with Crippen LogP contribution >= 0.6 is 11.6 Å². The molecule has 0 spiro atoms. The summed E-state index contributed by atoms with van der Waals surface area (Å²) < 4.78 is 0. The fourth-order valence-electron chi connectivity index (χ4n) is 1.50. The first-order valence-electron chi connectivity index (χ1n) is 6.10. The quantitative estimate of drug-likeness (QED) is 0.779. The number of aromatic nitrogens is 4. The number of anilines is 1. The zero-order valence-corrected chi connectivity index (χ0v) is 11.4. The SMILES string of the molecule is CCc1nnn(-c2ccc(NCC(O)CCl)cc2)n1. The van der Waals surface area contributed by atoms with Crippen molar-refractivity contribution in [2.24, 2.45) is 0 Å². The summed E-state index contributed by atoms with van der Waals surface area (Å²) in [5.41, 5.74) is 1.75. The monoisotopic (exact) mass is 281 g/mol. The Balaban J connectivity index is 2.01. The third-order valence-electron chi connectivity index (χ3n) is 2.59. The third-order valence-corrected chi connectivity index (χ3v) is 2.95. The molecule has 102 valence electrons. The lowest BCUT2D eigenvalue weighted by Crippen LogP contribution is -2.20. The molecule has 0 aliphatic rings. The Morgan fingerprint density at radius 2 is 2.11 bits per heavy atom. The molecular weight excluding hydrogens is 266 g/mol. The van der Waals surface area contributed by atoms with E-state index in [0.29, 0.717) is 12.4 Å². The Hall–Kier alpha value is -1.66. The Kier molecular flexibility index (Phi) is 4.70. The summed E-state index contributed by atoms with van der Waals surface area (Å²) in [7, 11) is 0. The second kappa shape index (κ2) is 6.49. The molecule has 0 fully saturated rings. The fraction of sp³-hybridized carbons (Fsp3) is 0.417. The number of rotatable bonds is 6. The number of aryl methyl sites for hydroxylation is 1. The Morgan fingerprint density at radius 1 is 1.37 bits per heavy atom. The van der Waals surface area contributed by atoms with E-state index in [4.69, 9.17) is 11.6 Å². The predicted octanol–water partition coefficient (Wildman–Crippen LogP) is 1.24. The van der Waals surface area contributed by atoms with Gasteiger partial charge in [-0.25, -0.2) is 0 Å². The maximum absolute atomic E-state index is 9.35. The van der Waals surface area contributed by atoms with Gasteiger partial charge in [0.05, 0.1) is 17.7 Å². The molecule has 6 nitrogen and oxygen atoms in total. The van der Waals surface area contributed by atoms with Crippen LogP contribution in [-0.4, -0.2) is 43.8 Å². The van der Waals surface area contributed by atoms with Crippen molar-refractivity contribution in [2.45, 2.75) is 19.4 Å². The number of tetrazole rings is 1. The highest BCUT2D eigenvalue weighted by Gasteiger charge is 2.04. The van der Waals surface area contributed by atoms with E-state index in [0.717, 1.165) is 17.8 Å². The summed E-state index contributed by atoms with van der Waals surface area (Å²) in [6.07, 6.45) is 0.209. The van der Waals surface area contributed by atoms with Crippen LogP contribution in [0, 0.1) is 0 Å². The van der Waals surface area contributed by atoms with Crippen molar-refractivity contribution in [1.82, 2.24) is 20.2 Å². The zero-order chi connectivity index (χ0) is 13.7. The van der Waals surface area contributed by atoms with Gasteiger partial charge < -0.3 is 10.4 Å². The van der Waals surface area contributed by atoms with Crippen LogP contribution in [0.1, 0.15) is 12.7 Å². The first kappa shape index (κ1) is 13.8. The molecule has 0 radical (unpaired) electrons. The van der Waals surface area contributed by atoms with Crippen molar-refractivity contribution in [2.75, 3.05) is 17.7 Å². The first-order chi connectivity index (χ1) is 9.22. The molecule has 1 aromatic heterocycles. The van der Waals surface area contributed by atoms with Gasteiger partial charge in [-0.1, -0.05) is 6.92 Å². The minimum absolute atomic E-state index is 0.216. The van der Waals surface area contributed by atoms with Gasteiger partial charge in [0.1, 0.15) is 0 Å². The van der Waals surface area contributed by atoms with Crippen LogP contribution in [0.25, 0.3) is 5.69 Å². The molecule has 1 unspecified atom stereocenters. The molecule has 2 aromatic rings. The van der Waals surface area contributed by atoms with Gasteiger partial charge in [0, 0.05) is 18.7 Å². The van der Waals surface area contributed by atoms with Crippen LogP contribution in [0.15, 0.2) is 24.3 Å². The number of alkyl halides is 1. The maximum atomic E-state index is 9.35. The van der Waals surface area contributed by atoms with E-state index < -0.39 is 6.10 Å². The standard InChI is InChI=1S/C12H16ClN5O/c1-2-12-15-17-18(16-12)10-5-3-9(4-6-10)14-8-11(19)7-13/h3-6,11,14,19H,2,7-8H2,1H3. The largest absolute Gasteiger partial charge is 0.390 e. The lowest BCUT2D eigenvalue weighted by Gasteiger charge is -2.10. The van der Waals surface area contributed by atoms with Gasteiger partial charge >= 0.3 is 0 Å². The topological polar surface area (TPSA) is 75.9 Å². The second-order valence-electron chi connectivity index (χ2n) is 4.08. The minimum Gasteiger partial charge on any atom is -0.390 e. The van der Waals surface area contributed by atoms with Crippen LogP contribution in [0.4, 0.5) is 5.69 Å². The Bertz CT molecular complexity index is 513. The predicted molar refractivity (Wildman–Crippen MR) is 73.7 cm³/mol. The lowest BCUT2D eigenvalue weighted by molar-refractivity contribution is 0.211. The third kappa shape index (κ3) is 3.65. The number of benzene rings is 1. The number of hydrogen-bond acceptors (Lipinski definition) is 5. The minimum atomic E-state index is -0.551. The molecule has 2 N–H and O–H groups in total. The molecule has 1 aromatic carbocycles. The molecule has 0 saturated carbocycles. The van der Waals surface area contributed by atoms with E-state index in [-0.39, 0.29) is 5.88 Å². The average molecular weight is 282 g/mol. The molecule has 0 saturated heterocycles. The summed E-state index contributed by atoms with van der Waals surface area (Å²) in [5, 5.41) is 24.6. The fourth-order valence-corrected chi connectivity index (χ4v) is 1.61. The summed E-state index contributed by atoms with van der Waals surface area (Å²) in [5.74, 6) is 0.931. The number of halogens is 1. The summed E-state index contributed by atoms with van der Waals surface area (Å²) in [6.45, 7) is 2.40. The van der Waals surface area contributed by atoms with Crippen molar-refractivity contribution in [3.8, 4) is 5.69 Å². The molecule has 7 heteroatoms. The molecule has 19 heavy (non-hydrogen) atoms. The van der Waals surface area contributed by atoms with Gasteiger partial charge in [-0.3, -0.25) is 0 Å². The summed E-state index contributed by atoms with van der Waals surface area (Å²) >= 11 is 5.52. The molecule has 2 rings (SSSR count). The van der Waals surface area contributed by atoms with Gasteiger partial charge in [0.15, 0.2) is 5.82 Å². The zero-order valence-electron chi connectivity index (χ0n) is 10.6. The van der Waals surface area contributed by atoms with E-state index in [2.05, 4.69) is 20.7 Å². The lowest BCUT2D eigenvalue weighted by atomic mass is 10.2. The van der Waals surface area contributed by atoms with Gasteiger partial charge in [0.25, 0.3) is 0 Å². The van der Waals surface area contributed by atoms with Gasteiger partial charge in [0.2, 0.25) is 0 Å². The van der Waals surface area contributed by atoms with Crippen LogP contribution in [0.5, 0.6) is 0 Å². The first-order valence-corrected chi connectivity index (χ1v) is 6.63. The Morgan fingerprint density at radius 3 is 2.68 bits per heavy atom. The molecule has 0 aliphatic carbocycles. The van der Waals surface area contributed by atoms with E-state index in [1.165, 1.54) is 4.80 Å². The normalized spacial score (nSPS) is 12.4. The van der Waals surface area contributed by atoms with Crippen molar-refractivity contribution < 1.29 is 5.11 Å². The maximum Gasteiger partial charge on any atom is 0.174 e. The number of aliphatic hydroxyl groups excluding tert-OH is 1. The van der Waals surface area contributed by atoms with E-state index in [1.54, 1.807) is 0 Å². The van der Waals surface area contributed by atoms with Crippen molar-refractivity contribution >= 4 is 17.3 Å². The average Bonchev–Trinajstić information content (AvgIpc) is 2.94. The number of nitrogens with one attached hydrogen (secondary N) is 1. The van der Waals surface area contributed by atoms with E-state index in [1.807, 2.05) is 31.2 Å². The van der Waals surface area contributed by atoms with Crippen LogP contribution in [0.3, 0.4) is 0 Å². The number of hydrogen-bond donors (Lipinski definition) is 2. The highest BCUT2D eigenvalue weighted by molar-refractivity contribution is 6.18. The molecule has 0 amide bonds. The van der Waals surface area contributed by atoms with E-state index >= 15 is 0 Å². The van der Waals surface area contributed by atoms with Crippen molar-refractivity contribution in [3.63, 3.8) is 0 Å². The van der Waals surface area contributed by atoms with Crippen molar-refractivity contribution in [1.29, 1.82) is 0 Å². The Labute approximate surface area is 116 Å². The smallest absolute Gasteiger partial charge is 0.174 e. The molecule has 1 heterocycles. The molecule has 1 atom stereocenters. The molecule has 0 bridgehead atoms. The van der Waals surface area contributed by atoms with Crippen LogP contribution in [-0.2, 0) is 6.42 Å². The van der Waals surface area contributed by atoms with Crippen LogP contribution < -0.4 is 5.32 Å². The number of nitrogens with zero attached hydrogens (tertiary/aromatic N) is 4. The van der Waals surface area contributed by atoms with Crippen LogP contribution in [0.2, 0.25) is 0 Å². The molecule has 0 aliphatic heterocycles. The van der Waals surface area contributed by atoms with Crippen molar-refractivity contribution in [3.05, 3.63) is 30.1 Å². The molecular formula is C12H16ClN5O. The second-order valence-corrected chi connectivity index (χ2v) is 4.39. The summed E-state index contributed by atoms with van der Waals surface area (Å²) in [4.78, 5) is 1.50. The van der Waals surface area contributed by atoms with Gasteiger partial charge in [-0.2, -0.15) is 0 Å². The van der Waals surface area contributed by atoms with Gasteiger partial charge in [-0.05, 0) is 29.5 Å². The number of aliphatic hydroxyl groups is 1.